The van der Waals surface area contributed by atoms with Crippen molar-refractivity contribution in [1.82, 2.24) is 5.32 Å². The SMILES string of the molecule is CN[C@@H](Cc1ccc(-c2ccc(F)c(Cl)c2)cc1)C(=O)OC.COC1=C(C=O)C=C(c2ccc(C(C)(F)F)cc2)CC=C1. The number of esters is 1. The minimum atomic E-state index is -2.85. The Morgan fingerprint density at radius 3 is 2.19 bits per heavy atom. The van der Waals surface area contributed by atoms with Crippen LogP contribution in [0.15, 0.2) is 96.3 Å². The van der Waals surface area contributed by atoms with Gasteiger partial charge in [-0.2, -0.15) is 0 Å². The van der Waals surface area contributed by atoms with Crippen molar-refractivity contribution in [2.75, 3.05) is 21.3 Å². The lowest BCUT2D eigenvalue weighted by Gasteiger charge is -2.14. The van der Waals surface area contributed by atoms with Gasteiger partial charge in [0.05, 0.1) is 24.8 Å². The van der Waals surface area contributed by atoms with Crippen molar-refractivity contribution >= 4 is 29.4 Å². The van der Waals surface area contributed by atoms with Crippen LogP contribution in [-0.2, 0) is 31.4 Å². The molecule has 0 saturated carbocycles. The summed E-state index contributed by atoms with van der Waals surface area (Å²) in [6, 6.07) is 18.1. The summed E-state index contributed by atoms with van der Waals surface area (Å²) in [7, 11) is 4.59. The second kappa shape index (κ2) is 15.4. The molecular formula is C34H33ClF3NO4. The van der Waals surface area contributed by atoms with Crippen LogP contribution in [0.3, 0.4) is 0 Å². The second-order valence-corrected chi connectivity index (χ2v) is 10.2. The highest BCUT2D eigenvalue weighted by molar-refractivity contribution is 6.31. The number of alkyl halides is 2. The molecule has 43 heavy (non-hydrogen) atoms. The van der Waals surface area contributed by atoms with E-state index in [9.17, 15) is 22.8 Å². The van der Waals surface area contributed by atoms with E-state index >= 15 is 0 Å². The molecule has 0 amide bonds. The number of ether oxygens (including phenoxy) is 2. The van der Waals surface area contributed by atoms with Gasteiger partial charge in [0, 0.05) is 12.5 Å². The first-order valence-corrected chi connectivity index (χ1v) is 13.8. The average Bonchev–Trinajstić information content (AvgIpc) is 3.23. The van der Waals surface area contributed by atoms with Gasteiger partial charge < -0.3 is 14.8 Å². The Hall–Kier alpha value is -4.14. The smallest absolute Gasteiger partial charge is 0.323 e. The molecule has 9 heteroatoms. The molecule has 4 rings (SSSR count). The molecular weight excluding hydrogens is 579 g/mol. The Kier molecular flexibility index (Phi) is 11.9. The number of carbonyl (C=O) groups is 2. The molecule has 226 valence electrons. The molecule has 0 aliphatic heterocycles. The van der Waals surface area contributed by atoms with Gasteiger partial charge >= 0.3 is 5.97 Å². The minimum Gasteiger partial charge on any atom is -0.496 e. The molecule has 0 unspecified atom stereocenters. The van der Waals surface area contributed by atoms with Gasteiger partial charge in [0.15, 0.2) is 6.29 Å². The van der Waals surface area contributed by atoms with E-state index in [1.165, 1.54) is 32.4 Å². The Morgan fingerprint density at radius 1 is 1.02 bits per heavy atom. The van der Waals surface area contributed by atoms with Crippen LogP contribution < -0.4 is 5.32 Å². The third kappa shape index (κ3) is 9.17. The van der Waals surface area contributed by atoms with Crippen LogP contribution >= 0.6 is 11.6 Å². The lowest BCUT2D eigenvalue weighted by atomic mass is 9.98. The second-order valence-electron chi connectivity index (χ2n) is 9.78. The Labute approximate surface area is 254 Å². The van der Waals surface area contributed by atoms with Gasteiger partial charge in [-0.15, -0.1) is 0 Å². The third-order valence-corrected chi connectivity index (χ3v) is 7.10. The fourth-order valence-electron chi connectivity index (χ4n) is 4.35. The quantitative estimate of drug-likeness (QED) is 0.199. The normalized spacial score (nSPS) is 13.7. The van der Waals surface area contributed by atoms with Gasteiger partial charge in [-0.3, -0.25) is 9.59 Å². The molecule has 0 saturated heterocycles. The van der Waals surface area contributed by atoms with Crippen LogP contribution in [0.2, 0.25) is 5.02 Å². The molecule has 0 bridgehead atoms. The van der Waals surface area contributed by atoms with Gasteiger partial charge in [-0.05, 0) is 72.0 Å². The maximum absolute atomic E-state index is 13.2. The number of rotatable bonds is 9. The first kappa shape index (κ1) is 33.4. The van der Waals surface area contributed by atoms with Crippen molar-refractivity contribution in [2.24, 2.45) is 0 Å². The van der Waals surface area contributed by atoms with E-state index in [0.29, 0.717) is 24.2 Å². The van der Waals surface area contributed by atoms with Crippen molar-refractivity contribution in [3.8, 4) is 11.1 Å². The van der Waals surface area contributed by atoms with Crippen molar-refractivity contribution in [3.63, 3.8) is 0 Å². The zero-order valence-electron chi connectivity index (χ0n) is 24.3. The molecule has 0 heterocycles. The topological polar surface area (TPSA) is 64.6 Å². The first-order valence-electron chi connectivity index (χ1n) is 13.4. The van der Waals surface area contributed by atoms with E-state index in [1.807, 2.05) is 30.3 Å². The number of likely N-dealkylation sites (N-methyl/N-ethyl adjacent to an activating group) is 1. The standard InChI is InChI=1S/C17H17ClFNO2.C17H16F2O2/c1-20-16(17(21)22-2)9-11-3-5-12(6-4-11)13-7-8-15(19)14(18)10-13;1-17(18,19)15-8-6-12(7-9-15)13-4-3-5-16(21-2)14(10-13)11-20/h3-8,10,16,20H,9H2,1-2H3;3,5-11H,4H2,1-2H3/t16-;/m0./s1. The zero-order chi connectivity index (χ0) is 31.6. The summed E-state index contributed by atoms with van der Waals surface area (Å²) in [4.78, 5) is 22.7. The van der Waals surface area contributed by atoms with Crippen LogP contribution in [0, 0.1) is 5.82 Å². The van der Waals surface area contributed by atoms with Crippen molar-refractivity contribution < 1.29 is 32.2 Å². The number of carbonyl (C=O) groups excluding carboxylic acids is 2. The molecule has 0 radical (unpaired) electrons. The summed E-state index contributed by atoms with van der Waals surface area (Å²) in [5, 5.41) is 3.03. The summed E-state index contributed by atoms with van der Waals surface area (Å²) in [5.74, 6) is -3.08. The van der Waals surface area contributed by atoms with Crippen LogP contribution in [-0.4, -0.2) is 39.6 Å². The van der Waals surface area contributed by atoms with Crippen LogP contribution in [0.4, 0.5) is 13.2 Å². The Morgan fingerprint density at radius 2 is 1.65 bits per heavy atom. The summed E-state index contributed by atoms with van der Waals surface area (Å²) >= 11 is 5.80. The highest BCUT2D eigenvalue weighted by atomic mass is 35.5. The number of hydrogen-bond acceptors (Lipinski definition) is 5. The predicted octanol–water partition coefficient (Wildman–Crippen LogP) is 7.69. The van der Waals surface area contributed by atoms with E-state index < -0.39 is 11.7 Å². The maximum atomic E-state index is 13.2. The van der Waals surface area contributed by atoms with Crippen molar-refractivity contribution in [1.29, 1.82) is 0 Å². The Balaban J connectivity index is 0.000000236. The molecule has 1 atom stereocenters. The largest absolute Gasteiger partial charge is 0.496 e. The van der Waals surface area contributed by atoms with Gasteiger partial charge in [0.25, 0.3) is 5.92 Å². The molecule has 0 fully saturated rings. The van der Waals surface area contributed by atoms with E-state index in [0.717, 1.165) is 41.0 Å². The van der Waals surface area contributed by atoms with Crippen LogP contribution in [0.25, 0.3) is 16.7 Å². The fraction of sp³-hybridized carbons (Fsp3) is 0.235. The van der Waals surface area contributed by atoms with Crippen molar-refractivity contribution in [2.45, 2.75) is 31.7 Å². The fourth-order valence-corrected chi connectivity index (χ4v) is 4.53. The van der Waals surface area contributed by atoms with Crippen molar-refractivity contribution in [3.05, 3.63) is 124 Å². The van der Waals surface area contributed by atoms with Gasteiger partial charge in [0.1, 0.15) is 17.6 Å². The Bertz CT molecular complexity index is 1510. The number of methoxy groups -OCH3 is 2. The van der Waals surface area contributed by atoms with E-state index in [-0.39, 0.29) is 22.6 Å². The van der Waals surface area contributed by atoms with E-state index in [2.05, 4.69) is 5.32 Å². The number of nitrogens with one attached hydrogen (secondary N) is 1. The first-order chi connectivity index (χ1) is 20.5. The molecule has 0 aromatic heterocycles. The zero-order valence-corrected chi connectivity index (χ0v) is 25.1. The van der Waals surface area contributed by atoms with Gasteiger partial charge in [-0.1, -0.05) is 72.3 Å². The maximum Gasteiger partial charge on any atom is 0.323 e. The minimum absolute atomic E-state index is 0.0280. The highest BCUT2D eigenvalue weighted by Gasteiger charge is 2.24. The van der Waals surface area contributed by atoms with Crippen LogP contribution in [0.5, 0.6) is 0 Å². The number of halogens is 4. The molecule has 1 N–H and O–H groups in total. The molecule has 3 aromatic rings. The lowest BCUT2D eigenvalue weighted by Crippen LogP contribution is -2.36. The monoisotopic (exact) mass is 611 g/mol. The number of aldehydes is 1. The van der Waals surface area contributed by atoms with Gasteiger partial charge in [0.2, 0.25) is 0 Å². The van der Waals surface area contributed by atoms with E-state index in [4.69, 9.17) is 21.1 Å². The molecule has 3 aromatic carbocycles. The summed E-state index contributed by atoms with van der Waals surface area (Å²) in [6.45, 7) is 0.869. The molecule has 1 aliphatic carbocycles. The van der Waals surface area contributed by atoms with E-state index in [1.54, 1.807) is 43.5 Å². The predicted molar refractivity (Wildman–Crippen MR) is 163 cm³/mol. The summed E-state index contributed by atoms with van der Waals surface area (Å²) in [5.41, 5.74) is 4.88. The summed E-state index contributed by atoms with van der Waals surface area (Å²) in [6.07, 6.45) is 7.21. The lowest BCUT2D eigenvalue weighted by molar-refractivity contribution is -0.142. The average molecular weight is 612 g/mol. The number of hydrogen-bond donors (Lipinski definition) is 1. The molecule has 5 nitrogen and oxygen atoms in total. The third-order valence-electron chi connectivity index (χ3n) is 6.81. The van der Waals surface area contributed by atoms with Gasteiger partial charge in [-0.25, -0.2) is 13.2 Å². The molecule has 1 aliphatic rings. The number of benzene rings is 3. The highest BCUT2D eigenvalue weighted by Crippen LogP contribution is 2.30. The summed E-state index contributed by atoms with van der Waals surface area (Å²) < 4.78 is 49.5. The molecule has 0 spiro atoms. The van der Waals surface area contributed by atoms with Crippen LogP contribution in [0.1, 0.15) is 30.0 Å². The number of allylic oxidation sites excluding steroid dienone is 5.